The molecule has 0 aliphatic heterocycles. The monoisotopic (exact) mass is 256 g/mol. The molecule has 0 N–H and O–H groups in total. The molecule has 4 heteroatoms. The van der Waals surface area contributed by atoms with Crippen LogP contribution >= 0.6 is 0 Å². The Labute approximate surface area is 113 Å². The number of benzene rings is 1. The summed E-state index contributed by atoms with van der Waals surface area (Å²) in [6.45, 7) is 6.00. The van der Waals surface area contributed by atoms with Crippen molar-refractivity contribution in [1.29, 1.82) is 0 Å². The molecule has 2 aromatic heterocycles. The van der Waals surface area contributed by atoms with E-state index in [1.54, 1.807) is 0 Å². The number of fused-ring (bicyclic) bond motifs is 3. The Kier molecular flexibility index (Phi) is 3.69. The van der Waals surface area contributed by atoms with E-state index in [-0.39, 0.29) is 0 Å². The van der Waals surface area contributed by atoms with Gasteiger partial charge in [-0.3, -0.25) is 4.40 Å². The summed E-state index contributed by atoms with van der Waals surface area (Å²) in [5, 5.41) is 0. The second-order valence-corrected chi connectivity index (χ2v) is 4.39. The molecule has 3 aromatic rings. The quantitative estimate of drug-likeness (QED) is 0.670. The highest BCUT2D eigenvalue weighted by atomic mass is 15.2. The summed E-state index contributed by atoms with van der Waals surface area (Å²) in [6.07, 6.45) is 2.05. The first-order valence-corrected chi connectivity index (χ1v) is 6.58. The van der Waals surface area contributed by atoms with Crippen LogP contribution in [0.2, 0.25) is 0 Å². The molecule has 0 saturated carbocycles. The molecule has 19 heavy (non-hydrogen) atoms. The highest BCUT2D eigenvalue weighted by Crippen LogP contribution is 2.22. The van der Waals surface area contributed by atoms with Crippen LogP contribution in [0.4, 0.5) is 5.82 Å². The van der Waals surface area contributed by atoms with E-state index < -0.39 is 0 Å². The second-order valence-electron chi connectivity index (χ2n) is 4.39. The van der Waals surface area contributed by atoms with Gasteiger partial charge in [0.2, 0.25) is 0 Å². The van der Waals surface area contributed by atoms with Crippen LogP contribution in [0.25, 0.3) is 16.7 Å². The molecule has 0 aliphatic carbocycles. The summed E-state index contributed by atoms with van der Waals surface area (Å²) in [5.41, 5.74) is 3.99. The standard InChI is InChI=1S/C13H14N4.C2H6/c1-9-8-17-11-7-5-4-6-10(11)15-12(16(2)3)13(17)14-9;1-2/h4-8H,1-3H3;1-2H3. The summed E-state index contributed by atoms with van der Waals surface area (Å²) >= 11 is 0. The average Bonchev–Trinajstić information content (AvgIpc) is 2.81. The lowest BCUT2D eigenvalue weighted by Crippen LogP contribution is -2.12. The van der Waals surface area contributed by atoms with Crippen molar-refractivity contribution >= 4 is 22.5 Å². The van der Waals surface area contributed by atoms with Gasteiger partial charge in [0.25, 0.3) is 0 Å². The topological polar surface area (TPSA) is 33.4 Å². The minimum Gasteiger partial charge on any atom is -0.360 e. The van der Waals surface area contributed by atoms with Gasteiger partial charge in [0.15, 0.2) is 11.5 Å². The number of anilines is 1. The summed E-state index contributed by atoms with van der Waals surface area (Å²) in [4.78, 5) is 11.2. The number of rotatable bonds is 1. The van der Waals surface area contributed by atoms with Crippen molar-refractivity contribution in [2.24, 2.45) is 0 Å². The molecular weight excluding hydrogens is 236 g/mol. The molecular formula is C15H20N4. The van der Waals surface area contributed by atoms with Crippen LogP contribution in [-0.2, 0) is 0 Å². The fourth-order valence-electron chi connectivity index (χ4n) is 2.07. The summed E-state index contributed by atoms with van der Waals surface area (Å²) in [6, 6.07) is 8.12. The zero-order valence-corrected chi connectivity index (χ0v) is 12.2. The molecule has 0 radical (unpaired) electrons. The van der Waals surface area contributed by atoms with Gasteiger partial charge in [-0.05, 0) is 19.1 Å². The van der Waals surface area contributed by atoms with E-state index in [0.29, 0.717) is 0 Å². The first-order valence-electron chi connectivity index (χ1n) is 6.58. The summed E-state index contributed by atoms with van der Waals surface area (Å²) in [7, 11) is 3.97. The van der Waals surface area contributed by atoms with Gasteiger partial charge in [-0.15, -0.1) is 0 Å². The molecule has 0 spiro atoms. The van der Waals surface area contributed by atoms with Gasteiger partial charge in [0.05, 0.1) is 16.7 Å². The molecule has 0 saturated heterocycles. The van der Waals surface area contributed by atoms with Crippen molar-refractivity contribution in [3.63, 3.8) is 0 Å². The summed E-state index contributed by atoms with van der Waals surface area (Å²) < 4.78 is 2.10. The first kappa shape index (κ1) is 13.3. The smallest absolute Gasteiger partial charge is 0.181 e. The zero-order chi connectivity index (χ0) is 14.0. The molecule has 2 heterocycles. The van der Waals surface area contributed by atoms with E-state index >= 15 is 0 Å². The lowest BCUT2D eigenvalue weighted by Gasteiger charge is -2.13. The highest BCUT2D eigenvalue weighted by molar-refractivity contribution is 5.83. The van der Waals surface area contributed by atoms with Crippen molar-refractivity contribution in [3.05, 3.63) is 36.2 Å². The lowest BCUT2D eigenvalue weighted by atomic mass is 10.3. The number of hydrogen-bond donors (Lipinski definition) is 0. The van der Waals surface area contributed by atoms with Gasteiger partial charge in [0.1, 0.15) is 0 Å². The Bertz CT molecular complexity index is 698. The third-order valence-electron chi connectivity index (χ3n) is 2.82. The van der Waals surface area contributed by atoms with Crippen LogP contribution in [-0.4, -0.2) is 28.5 Å². The van der Waals surface area contributed by atoms with Gasteiger partial charge >= 0.3 is 0 Å². The molecule has 3 rings (SSSR count). The average molecular weight is 256 g/mol. The maximum absolute atomic E-state index is 4.66. The van der Waals surface area contributed by atoms with Crippen molar-refractivity contribution in [3.8, 4) is 0 Å². The predicted octanol–water partition coefficient (Wildman–Crippen LogP) is 3.28. The molecule has 0 amide bonds. The van der Waals surface area contributed by atoms with Crippen LogP contribution in [0, 0.1) is 6.92 Å². The van der Waals surface area contributed by atoms with Crippen LogP contribution in [0.3, 0.4) is 0 Å². The van der Waals surface area contributed by atoms with Crippen LogP contribution in [0.15, 0.2) is 30.5 Å². The molecule has 0 atom stereocenters. The minimum atomic E-state index is 0.900. The van der Waals surface area contributed by atoms with E-state index in [2.05, 4.69) is 20.4 Å². The maximum Gasteiger partial charge on any atom is 0.181 e. The number of nitrogens with zero attached hydrogens (tertiary/aromatic N) is 4. The Morgan fingerprint density at radius 3 is 2.42 bits per heavy atom. The van der Waals surface area contributed by atoms with Gasteiger partial charge in [0, 0.05) is 20.3 Å². The number of aryl methyl sites for hydroxylation is 1. The van der Waals surface area contributed by atoms with E-state index in [4.69, 9.17) is 0 Å². The number of para-hydroxylation sites is 2. The van der Waals surface area contributed by atoms with Crippen molar-refractivity contribution in [2.45, 2.75) is 20.8 Å². The maximum atomic E-state index is 4.66. The zero-order valence-electron chi connectivity index (χ0n) is 12.2. The van der Waals surface area contributed by atoms with Gasteiger partial charge in [-0.1, -0.05) is 26.0 Å². The van der Waals surface area contributed by atoms with Gasteiger partial charge in [-0.25, -0.2) is 9.97 Å². The molecule has 0 aliphatic rings. The van der Waals surface area contributed by atoms with E-state index in [1.165, 1.54) is 0 Å². The Balaban J connectivity index is 0.000000637. The third kappa shape index (κ3) is 2.26. The molecule has 100 valence electrons. The van der Waals surface area contributed by atoms with E-state index in [9.17, 15) is 0 Å². The van der Waals surface area contributed by atoms with Gasteiger partial charge in [-0.2, -0.15) is 0 Å². The molecule has 4 nitrogen and oxygen atoms in total. The normalized spacial score (nSPS) is 10.4. The number of hydrogen-bond acceptors (Lipinski definition) is 3. The predicted molar refractivity (Wildman–Crippen MR) is 80.9 cm³/mol. The van der Waals surface area contributed by atoms with E-state index in [1.807, 2.05) is 64.2 Å². The van der Waals surface area contributed by atoms with Crippen LogP contribution in [0.5, 0.6) is 0 Å². The SMILES string of the molecule is CC.Cc1cn2c(n1)c(N(C)C)nc1ccccc12. The fraction of sp³-hybridized carbons (Fsp3) is 0.333. The summed E-state index contributed by atoms with van der Waals surface area (Å²) in [5.74, 6) is 0.900. The fourth-order valence-corrected chi connectivity index (χ4v) is 2.07. The first-order chi connectivity index (χ1) is 9.16. The second kappa shape index (κ2) is 5.26. The lowest BCUT2D eigenvalue weighted by molar-refractivity contribution is 1.06. The highest BCUT2D eigenvalue weighted by Gasteiger charge is 2.11. The Morgan fingerprint density at radius 2 is 1.74 bits per heavy atom. The molecule has 0 bridgehead atoms. The largest absolute Gasteiger partial charge is 0.360 e. The van der Waals surface area contributed by atoms with Crippen molar-refractivity contribution < 1.29 is 0 Å². The number of aromatic nitrogens is 3. The van der Waals surface area contributed by atoms with Crippen LogP contribution in [0.1, 0.15) is 19.5 Å². The van der Waals surface area contributed by atoms with Crippen LogP contribution < -0.4 is 4.90 Å². The molecule has 0 fully saturated rings. The van der Waals surface area contributed by atoms with Crippen molar-refractivity contribution in [1.82, 2.24) is 14.4 Å². The Morgan fingerprint density at radius 1 is 1.05 bits per heavy atom. The molecule has 1 aromatic carbocycles. The minimum absolute atomic E-state index is 0.900. The van der Waals surface area contributed by atoms with Gasteiger partial charge < -0.3 is 4.90 Å². The van der Waals surface area contributed by atoms with E-state index in [0.717, 1.165) is 28.2 Å². The third-order valence-corrected chi connectivity index (χ3v) is 2.82. The molecule has 0 unspecified atom stereocenters. The van der Waals surface area contributed by atoms with Crippen molar-refractivity contribution in [2.75, 3.05) is 19.0 Å². The number of imidazole rings is 1. The Hall–Kier alpha value is -2.10.